The Morgan fingerprint density at radius 3 is 1.10 bits per heavy atom. The van der Waals surface area contributed by atoms with Crippen molar-refractivity contribution in [3.8, 4) is 0 Å². The number of rotatable bonds is 5. The quantitative estimate of drug-likeness (QED) is 0.159. The van der Waals surface area contributed by atoms with Crippen LogP contribution in [0.5, 0.6) is 0 Å². The molecule has 372 valence electrons. The maximum absolute atomic E-state index is 2.84. The average molecular weight is 943 g/mol. The molecule has 0 N–H and O–H groups in total. The summed E-state index contributed by atoms with van der Waals surface area (Å²) in [6.45, 7) is 29.2. The van der Waals surface area contributed by atoms with E-state index in [-0.39, 0.29) is 33.8 Å². The zero-order valence-electron chi connectivity index (χ0n) is 46.3. The van der Waals surface area contributed by atoms with Crippen LogP contribution in [0.1, 0.15) is 237 Å². The predicted molar refractivity (Wildman–Crippen MR) is 307 cm³/mol. The van der Waals surface area contributed by atoms with Crippen LogP contribution in [0, 0.1) is 17.8 Å². The van der Waals surface area contributed by atoms with Gasteiger partial charge in [-0.15, -0.1) is 0 Å². The molecule has 0 saturated heterocycles. The average Bonchev–Trinajstić information content (AvgIpc) is 3.32. The third-order valence-corrected chi connectivity index (χ3v) is 19.7. The normalized spacial score (nSPS) is 24.6. The SMILES string of the molecule is CC(C)(C)c1cc(N2c3cc(C4CCCCC4)ccc3B3c4ccc(C5CCCCC5)cc4N(c4cc(C(C)(C)C)cc(C(C)(C)C)c4)c4cc(C56CC7CC(CC(C7)C5)C6)cc2c43)cc(C(C)(C)C)c1. The maximum Gasteiger partial charge on any atom is 0.252 e. The first-order valence-electron chi connectivity index (χ1n) is 29.0. The molecule has 0 atom stereocenters. The molecule has 13 rings (SSSR count). The Kier molecular flexibility index (Phi) is 11.4. The van der Waals surface area contributed by atoms with Crippen LogP contribution in [0.15, 0.2) is 84.9 Å². The fraction of sp³-hybridized carbons (Fsp3) is 0.559. The first-order chi connectivity index (χ1) is 33.6. The van der Waals surface area contributed by atoms with Gasteiger partial charge in [-0.3, -0.25) is 0 Å². The highest BCUT2D eigenvalue weighted by atomic mass is 15.2. The summed E-state index contributed by atoms with van der Waals surface area (Å²) in [6, 6.07) is 37.0. The molecule has 2 nitrogen and oxygen atoms in total. The van der Waals surface area contributed by atoms with Gasteiger partial charge in [0.25, 0.3) is 6.71 Å². The van der Waals surface area contributed by atoms with Crippen LogP contribution in [-0.2, 0) is 27.1 Å². The molecule has 71 heavy (non-hydrogen) atoms. The summed E-state index contributed by atoms with van der Waals surface area (Å²) in [6.07, 6.45) is 21.8. The first-order valence-corrected chi connectivity index (χ1v) is 29.0. The second-order valence-electron chi connectivity index (χ2n) is 29.1. The van der Waals surface area contributed by atoms with E-state index in [0.717, 1.165) is 17.8 Å². The molecule has 0 spiro atoms. The van der Waals surface area contributed by atoms with E-state index in [2.05, 4.69) is 178 Å². The van der Waals surface area contributed by atoms with Gasteiger partial charge >= 0.3 is 0 Å². The minimum atomic E-state index is -0.00378. The van der Waals surface area contributed by atoms with E-state index in [1.165, 1.54) is 175 Å². The van der Waals surface area contributed by atoms with Crippen molar-refractivity contribution in [2.45, 2.75) is 225 Å². The smallest absolute Gasteiger partial charge is 0.252 e. The van der Waals surface area contributed by atoms with Crippen molar-refractivity contribution in [3.05, 3.63) is 124 Å². The first kappa shape index (κ1) is 47.7. The molecule has 6 aliphatic carbocycles. The highest BCUT2D eigenvalue weighted by Gasteiger charge is 2.53. The van der Waals surface area contributed by atoms with Gasteiger partial charge in [-0.05, 0) is 225 Å². The van der Waals surface area contributed by atoms with Crippen molar-refractivity contribution in [1.29, 1.82) is 0 Å². The molecular weight excluding hydrogens is 856 g/mol. The Labute approximate surface area is 431 Å². The predicted octanol–water partition coefficient (Wildman–Crippen LogP) is 17.5. The van der Waals surface area contributed by atoms with Crippen LogP contribution in [-0.4, -0.2) is 6.71 Å². The van der Waals surface area contributed by atoms with Crippen molar-refractivity contribution in [3.63, 3.8) is 0 Å². The standard InChI is InChI=1S/C68H87BN2/c1-64(2,3)50-32-51(65(4,5)6)35-55(34-50)70-59-30-48(46-19-15-13-16-20-46)23-25-57(59)69-58-26-24-49(47-21-17-14-18-22-47)31-60(58)71(56-36-52(66(7,8)9)33-53(37-56)67(10,11)12)62-39-54(38-61(70)63(62)69)68-40-43-27-44(41-68)29-45(28-43)42-68/h23-26,30-39,43-47H,13-22,27-29,40-42H2,1-12H3. The molecule has 0 aromatic heterocycles. The van der Waals surface area contributed by atoms with Crippen LogP contribution < -0.4 is 26.2 Å². The van der Waals surface area contributed by atoms with Crippen molar-refractivity contribution in [2.75, 3.05) is 9.80 Å². The number of hydrogen-bond acceptors (Lipinski definition) is 2. The summed E-state index contributed by atoms with van der Waals surface area (Å²) < 4.78 is 0. The molecule has 2 aliphatic heterocycles. The van der Waals surface area contributed by atoms with Gasteiger partial charge in [0.05, 0.1) is 0 Å². The number of anilines is 6. The van der Waals surface area contributed by atoms with Crippen molar-refractivity contribution < 1.29 is 0 Å². The molecule has 4 bridgehead atoms. The highest BCUT2D eigenvalue weighted by Crippen LogP contribution is 2.62. The monoisotopic (exact) mass is 943 g/mol. The van der Waals surface area contributed by atoms with Gasteiger partial charge in [-0.25, -0.2) is 0 Å². The third-order valence-electron chi connectivity index (χ3n) is 19.7. The van der Waals surface area contributed by atoms with Crippen LogP contribution in [0.4, 0.5) is 34.1 Å². The van der Waals surface area contributed by atoms with Crippen molar-refractivity contribution in [2.24, 2.45) is 17.8 Å². The van der Waals surface area contributed by atoms with Gasteiger partial charge in [-0.1, -0.05) is 158 Å². The van der Waals surface area contributed by atoms with Crippen LogP contribution in [0.25, 0.3) is 0 Å². The van der Waals surface area contributed by atoms with Gasteiger partial charge in [0.1, 0.15) is 0 Å². The Morgan fingerprint density at radius 1 is 0.408 bits per heavy atom. The second kappa shape index (κ2) is 16.9. The second-order valence-corrected chi connectivity index (χ2v) is 29.1. The lowest BCUT2D eigenvalue weighted by Gasteiger charge is -2.57. The van der Waals surface area contributed by atoms with E-state index in [9.17, 15) is 0 Å². The van der Waals surface area contributed by atoms with E-state index >= 15 is 0 Å². The van der Waals surface area contributed by atoms with Crippen molar-refractivity contribution in [1.82, 2.24) is 0 Å². The van der Waals surface area contributed by atoms with Gasteiger partial charge in [0.2, 0.25) is 0 Å². The summed E-state index contributed by atoms with van der Waals surface area (Å²) in [5, 5.41) is 0. The van der Waals surface area contributed by atoms with Gasteiger partial charge in [0.15, 0.2) is 0 Å². The Hall–Kier alpha value is -4.24. The Bertz CT molecular complexity index is 2600. The number of fused-ring (bicyclic) bond motifs is 4. The molecular formula is C68H87BN2. The summed E-state index contributed by atoms with van der Waals surface area (Å²) in [5.74, 6) is 3.83. The Morgan fingerprint density at radius 2 is 0.761 bits per heavy atom. The van der Waals surface area contributed by atoms with Crippen molar-refractivity contribution >= 4 is 57.2 Å². The molecule has 5 aromatic rings. The molecule has 2 heterocycles. The molecule has 6 fully saturated rings. The summed E-state index contributed by atoms with van der Waals surface area (Å²) in [7, 11) is 0. The van der Waals surface area contributed by atoms with E-state index < -0.39 is 0 Å². The summed E-state index contributed by atoms with van der Waals surface area (Å²) in [5.41, 5.74) is 23.5. The van der Waals surface area contributed by atoms with E-state index in [1.54, 1.807) is 16.7 Å². The van der Waals surface area contributed by atoms with Crippen LogP contribution in [0.2, 0.25) is 0 Å². The minimum Gasteiger partial charge on any atom is -0.311 e. The Balaban J connectivity index is 1.20. The summed E-state index contributed by atoms with van der Waals surface area (Å²) in [4.78, 5) is 5.69. The lowest BCUT2D eigenvalue weighted by molar-refractivity contribution is -0.00514. The van der Waals surface area contributed by atoms with Crippen LogP contribution >= 0.6 is 0 Å². The third kappa shape index (κ3) is 8.37. The van der Waals surface area contributed by atoms with E-state index in [4.69, 9.17) is 0 Å². The zero-order chi connectivity index (χ0) is 49.6. The molecule has 8 aliphatic rings. The lowest BCUT2D eigenvalue weighted by Crippen LogP contribution is -2.61. The number of hydrogen-bond donors (Lipinski definition) is 0. The number of benzene rings is 5. The number of nitrogens with zero attached hydrogens (tertiary/aromatic N) is 2. The van der Waals surface area contributed by atoms with Gasteiger partial charge < -0.3 is 9.80 Å². The molecule has 0 unspecified atom stereocenters. The molecule has 5 aromatic carbocycles. The molecule has 0 amide bonds. The van der Waals surface area contributed by atoms with E-state index in [1.807, 2.05) is 0 Å². The van der Waals surface area contributed by atoms with Gasteiger partial charge in [-0.2, -0.15) is 0 Å². The zero-order valence-corrected chi connectivity index (χ0v) is 46.3. The van der Waals surface area contributed by atoms with Crippen LogP contribution in [0.3, 0.4) is 0 Å². The van der Waals surface area contributed by atoms with Gasteiger partial charge in [0, 0.05) is 34.1 Å². The summed E-state index contributed by atoms with van der Waals surface area (Å²) >= 11 is 0. The largest absolute Gasteiger partial charge is 0.311 e. The fourth-order valence-electron chi connectivity index (χ4n) is 15.9. The highest BCUT2D eigenvalue weighted by molar-refractivity contribution is 7.00. The maximum atomic E-state index is 2.84. The molecule has 6 saturated carbocycles. The fourth-order valence-corrected chi connectivity index (χ4v) is 15.9. The van der Waals surface area contributed by atoms with E-state index in [0.29, 0.717) is 11.8 Å². The topological polar surface area (TPSA) is 6.48 Å². The minimum absolute atomic E-state index is 0.00378. The molecule has 3 heteroatoms. The lowest BCUT2D eigenvalue weighted by atomic mass is 9.33. The molecule has 0 radical (unpaired) electrons.